The first-order chi connectivity index (χ1) is 16.1. The zero-order valence-corrected chi connectivity index (χ0v) is 20.9. The van der Waals surface area contributed by atoms with Crippen molar-refractivity contribution in [3.63, 3.8) is 0 Å². The van der Waals surface area contributed by atoms with Gasteiger partial charge in [-0.1, -0.05) is 56.1 Å². The molecule has 3 aromatic rings. The smallest absolute Gasteiger partial charge is 0.291 e. The fraction of sp³-hybridized carbons (Fsp3) is 0.308. The van der Waals surface area contributed by atoms with Gasteiger partial charge in [0.15, 0.2) is 5.76 Å². The van der Waals surface area contributed by atoms with E-state index >= 15 is 0 Å². The Bertz CT molecular complexity index is 1210. The molecule has 1 saturated heterocycles. The second kappa shape index (κ2) is 9.72. The quantitative estimate of drug-likeness (QED) is 0.463. The van der Waals surface area contributed by atoms with Gasteiger partial charge in [0.25, 0.3) is 5.91 Å². The molecule has 0 unspecified atom stereocenters. The fourth-order valence-electron chi connectivity index (χ4n) is 3.92. The van der Waals surface area contributed by atoms with Gasteiger partial charge in [-0.2, -0.15) is 0 Å². The van der Waals surface area contributed by atoms with Crippen LogP contribution in [-0.4, -0.2) is 42.9 Å². The van der Waals surface area contributed by atoms with Crippen molar-refractivity contribution in [2.24, 2.45) is 5.41 Å². The molecule has 0 spiro atoms. The summed E-state index contributed by atoms with van der Waals surface area (Å²) in [5.41, 5.74) is 1.86. The number of carbonyl (C=O) groups excluding carboxylic acids is 2. The van der Waals surface area contributed by atoms with Crippen LogP contribution in [0.1, 0.15) is 31.3 Å². The molecular weight excluding hydrogens is 473 g/mol. The van der Waals surface area contributed by atoms with Crippen molar-refractivity contribution in [3.8, 4) is 11.3 Å². The van der Waals surface area contributed by atoms with E-state index in [0.717, 1.165) is 11.3 Å². The summed E-state index contributed by atoms with van der Waals surface area (Å²) in [4.78, 5) is 29.3. The summed E-state index contributed by atoms with van der Waals surface area (Å²) in [6.07, 6.45) is 0. The number of halogens is 2. The normalized spacial score (nSPS) is 14.3. The summed E-state index contributed by atoms with van der Waals surface area (Å²) < 4.78 is 5.72. The Morgan fingerprint density at radius 1 is 0.941 bits per heavy atom. The zero-order chi connectivity index (χ0) is 24.5. The number of benzene rings is 2. The molecule has 1 fully saturated rings. The van der Waals surface area contributed by atoms with Crippen molar-refractivity contribution in [1.29, 1.82) is 0 Å². The van der Waals surface area contributed by atoms with Crippen molar-refractivity contribution in [3.05, 3.63) is 70.4 Å². The average Bonchev–Trinajstić information content (AvgIpc) is 3.29. The van der Waals surface area contributed by atoms with E-state index in [1.807, 2.05) is 49.9 Å². The molecule has 2 heterocycles. The van der Waals surface area contributed by atoms with Crippen LogP contribution in [0.2, 0.25) is 10.0 Å². The van der Waals surface area contributed by atoms with Crippen molar-refractivity contribution >= 4 is 46.4 Å². The van der Waals surface area contributed by atoms with E-state index in [1.54, 1.807) is 30.3 Å². The lowest BCUT2D eigenvalue weighted by atomic mass is 9.94. The number of piperazine rings is 1. The standard InChI is InChI=1S/C26H27Cl2N3O3/c1-26(2,3)25(33)31-13-11-30(12-14-31)21-8-7-19(16-20(21)28)29-24(32)23-10-9-22(34-23)17-5-4-6-18(27)15-17/h4-10,15-16H,11-14H2,1-3H3,(H,29,32). The topological polar surface area (TPSA) is 65.8 Å². The van der Waals surface area contributed by atoms with Crippen LogP contribution in [0, 0.1) is 5.41 Å². The van der Waals surface area contributed by atoms with E-state index in [2.05, 4.69) is 10.2 Å². The van der Waals surface area contributed by atoms with Crippen LogP contribution in [0.4, 0.5) is 11.4 Å². The van der Waals surface area contributed by atoms with Gasteiger partial charge in [0.05, 0.1) is 10.7 Å². The Morgan fingerprint density at radius 2 is 1.68 bits per heavy atom. The highest BCUT2D eigenvalue weighted by Gasteiger charge is 2.30. The van der Waals surface area contributed by atoms with Gasteiger partial charge >= 0.3 is 0 Å². The number of nitrogens with one attached hydrogen (secondary N) is 1. The van der Waals surface area contributed by atoms with Crippen LogP contribution in [-0.2, 0) is 4.79 Å². The van der Waals surface area contributed by atoms with Gasteiger partial charge in [0.2, 0.25) is 5.91 Å². The van der Waals surface area contributed by atoms with E-state index in [0.29, 0.717) is 47.7 Å². The van der Waals surface area contributed by atoms with Crippen molar-refractivity contribution in [2.45, 2.75) is 20.8 Å². The highest BCUT2D eigenvalue weighted by molar-refractivity contribution is 6.33. The lowest BCUT2D eigenvalue weighted by Gasteiger charge is -2.39. The summed E-state index contributed by atoms with van der Waals surface area (Å²) >= 11 is 12.6. The van der Waals surface area contributed by atoms with Crippen LogP contribution in [0.15, 0.2) is 59.0 Å². The highest BCUT2D eigenvalue weighted by Crippen LogP contribution is 2.31. The Kier molecular flexibility index (Phi) is 6.91. The molecule has 34 heavy (non-hydrogen) atoms. The Morgan fingerprint density at radius 3 is 2.32 bits per heavy atom. The first-order valence-electron chi connectivity index (χ1n) is 11.1. The largest absolute Gasteiger partial charge is 0.451 e. The predicted molar refractivity (Wildman–Crippen MR) is 137 cm³/mol. The van der Waals surface area contributed by atoms with Crippen LogP contribution < -0.4 is 10.2 Å². The number of hydrogen-bond donors (Lipinski definition) is 1. The maximum absolute atomic E-state index is 12.7. The molecule has 4 rings (SSSR count). The fourth-order valence-corrected chi connectivity index (χ4v) is 4.41. The zero-order valence-electron chi connectivity index (χ0n) is 19.4. The third kappa shape index (κ3) is 5.40. The molecule has 1 aromatic heterocycles. The van der Waals surface area contributed by atoms with E-state index in [-0.39, 0.29) is 23.0 Å². The van der Waals surface area contributed by atoms with E-state index < -0.39 is 0 Å². The minimum atomic E-state index is -0.386. The number of rotatable bonds is 4. The SMILES string of the molecule is CC(C)(C)C(=O)N1CCN(c2ccc(NC(=O)c3ccc(-c4cccc(Cl)c4)o3)cc2Cl)CC1. The first kappa shape index (κ1) is 24.2. The summed E-state index contributed by atoms with van der Waals surface area (Å²) in [6.45, 7) is 8.51. The van der Waals surface area contributed by atoms with Crippen LogP contribution in [0.25, 0.3) is 11.3 Å². The van der Waals surface area contributed by atoms with Gasteiger partial charge in [-0.15, -0.1) is 0 Å². The molecular formula is C26H27Cl2N3O3. The molecule has 8 heteroatoms. The summed E-state index contributed by atoms with van der Waals surface area (Å²) in [5.74, 6) is 0.541. The molecule has 2 amide bonds. The predicted octanol–water partition coefficient (Wildman–Crippen LogP) is 6.20. The molecule has 0 radical (unpaired) electrons. The molecule has 2 aromatic carbocycles. The number of amides is 2. The van der Waals surface area contributed by atoms with Gasteiger partial charge in [0, 0.05) is 47.9 Å². The third-order valence-electron chi connectivity index (χ3n) is 5.69. The molecule has 1 aliphatic rings. The molecule has 0 aliphatic carbocycles. The Balaban J connectivity index is 1.39. The number of nitrogens with zero attached hydrogens (tertiary/aromatic N) is 2. The maximum atomic E-state index is 12.7. The Hall–Kier alpha value is -2.96. The van der Waals surface area contributed by atoms with Crippen LogP contribution >= 0.6 is 23.2 Å². The van der Waals surface area contributed by atoms with E-state index in [1.165, 1.54) is 0 Å². The monoisotopic (exact) mass is 499 g/mol. The van der Waals surface area contributed by atoms with Crippen LogP contribution in [0.5, 0.6) is 0 Å². The first-order valence-corrected chi connectivity index (χ1v) is 11.9. The van der Waals surface area contributed by atoms with Crippen molar-refractivity contribution in [1.82, 2.24) is 4.90 Å². The number of carbonyl (C=O) groups is 2. The van der Waals surface area contributed by atoms with Crippen LogP contribution in [0.3, 0.4) is 0 Å². The second-order valence-corrected chi connectivity index (χ2v) is 10.2. The van der Waals surface area contributed by atoms with Gasteiger partial charge < -0.3 is 19.5 Å². The van der Waals surface area contributed by atoms with Crippen molar-refractivity contribution in [2.75, 3.05) is 36.4 Å². The highest BCUT2D eigenvalue weighted by atomic mass is 35.5. The lowest BCUT2D eigenvalue weighted by molar-refractivity contribution is -0.139. The lowest BCUT2D eigenvalue weighted by Crippen LogP contribution is -2.51. The van der Waals surface area contributed by atoms with Crippen molar-refractivity contribution < 1.29 is 14.0 Å². The molecule has 0 saturated carbocycles. The molecule has 6 nitrogen and oxygen atoms in total. The average molecular weight is 500 g/mol. The summed E-state index contributed by atoms with van der Waals surface area (Å²) in [7, 11) is 0. The molecule has 1 N–H and O–H groups in total. The third-order valence-corrected chi connectivity index (χ3v) is 6.23. The van der Waals surface area contributed by atoms with Gasteiger partial charge in [-0.25, -0.2) is 0 Å². The van der Waals surface area contributed by atoms with Gasteiger partial charge in [-0.05, 0) is 42.5 Å². The summed E-state index contributed by atoms with van der Waals surface area (Å²) in [5, 5.41) is 3.96. The second-order valence-electron chi connectivity index (χ2n) is 9.32. The molecule has 0 bridgehead atoms. The summed E-state index contributed by atoms with van der Waals surface area (Å²) in [6, 6.07) is 16.0. The van der Waals surface area contributed by atoms with Gasteiger partial charge in [0.1, 0.15) is 5.76 Å². The molecule has 1 aliphatic heterocycles. The van der Waals surface area contributed by atoms with Gasteiger partial charge in [-0.3, -0.25) is 9.59 Å². The number of furan rings is 1. The Labute approximate surface area is 209 Å². The number of anilines is 2. The maximum Gasteiger partial charge on any atom is 0.291 e. The minimum Gasteiger partial charge on any atom is -0.451 e. The minimum absolute atomic E-state index is 0.160. The van der Waals surface area contributed by atoms with E-state index in [4.69, 9.17) is 27.6 Å². The molecule has 0 atom stereocenters. The number of hydrogen-bond acceptors (Lipinski definition) is 4. The van der Waals surface area contributed by atoms with E-state index in [9.17, 15) is 9.59 Å². The molecule has 178 valence electrons.